The highest BCUT2D eigenvalue weighted by atomic mass is 16.3. The summed E-state index contributed by atoms with van der Waals surface area (Å²) in [6.07, 6.45) is 0. The van der Waals surface area contributed by atoms with Crippen LogP contribution in [-0.2, 0) is 0 Å². The summed E-state index contributed by atoms with van der Waals surface area (Å²) in [6.45, 7) is 0. The minimum Gasteiger partial charge on any atom is -0.504 e. The fourth-order valence-corrected chi connectivity index (χ4v) is 2.28. The van der Waals surface area contributed by atoms with Crippen molar-refractivity contribution < 1.29 is 10.2 Å². The van der Waals surface area contributed by atoms with E-state index in [1.54, 1.807) is 0 Å². The molecule has 0 aliphatic carbocycles. The average molecular weight is 262 g/mol. The van der Waals surface area contributed by atoms with Crippen LogP contribution in [0, 0.1) is 0 Å². The van der Waals surface area contributed by atoms with Crippen molar-refractivity contribution in [3.8, 4) is 33.8 Å². The van der Waals surface area contributed by atoms with Gasteiger partial charge in [0.25, 0.3) is 0 Å². The van der Waals surface area contributed by atoms with Crippen molar-refractivity contribution in [2.24, 2.45) is 0 Å². The smallest absolute Gasteiger partial charge is 0.166 e. The lowest BCUT2D eigenvalue weighted by Crippen LogP contribution is -1.84. The van der Waals surface area contributed by atoms with Gasteiger partial charge in [-0.05, 0) is 23.3 Å². The molecule has 0 aromatic heterocycles. The van der Waals surface area contributed by atoms with Crippen molar-refractivity contribution in [1.29, 1.82) is 0 Å². The topological polar surface area (TPSA) is 40.5 Å². The Morgan fingerprint density at radius 1 is 0.450 bits per heavy atom. The number of phenols is 2. The first-order valence-electron chi connectivity index (χ1n) is 6.43. The van der Waals surface area contributed by atoms with Crippen molar-refractivity contribution in [3.05, 3.63) is 72.8 Å². The SMILES string of the molecule is Oc1c(-c2ccccc2)ccc(-c2ccccc2)c1O. The van der Waals surface area contributed by atoms with Crippen LogP contribution in [0.5, 0.6) is 11.5 Å². The molecule has 3 aromatic rings. The second-order valence-corrected chi connectivity index (χ2v) is 4.59. The molecule has 0 saturated heterocycles. The van der Waals surface area contributed by atoms with Gasteiger partial charge in [0.2, 0.25) is 0 Å². The lowest BCUT2D eigenvalue weighted by molar-refractivity contribution is 0.406. The average Bonchev–Trinajstić information content (AvgIpc) is 2.52. The van der Waals surface area contributed by atoms with Crippen LogP contribution in [0.1, 0.15) is 0 Å². The highest BCUT2D eigenvalue weighted by molar-refractivity contribution is 5.82. The summed E-state index contributed by atoms with van der Waals surface area (Å²) < 4.78 is 0. The van der Waals surface area contributed by atoms with Crippen LogP contribution in [0.3, 0.4) is 0 Å². The zero-order valence-corrected chi connectivity index (χ0v) is 10.8. The number of benzene rings is 3. The molecule has 0 radical (unpaired) electrons. The summed E-state index contributed by atoms with van der Waals surface area (Å²) in [4.78, 5) is 0. The summed E-state index contributed by atoms with van der Waals surface area (Å²) in [5.74, 6) is -0.171. The molecule has 0 atom stereocenters. The Hall–Kier alpha value is -2.74. The van der Waals surface area contributed by atoms with Gasteiger partial charge in [0, 0.05) is 11.1 Å². The normalized spacial score (nSPS) is 10.4. The van der Waals surface area contributed by atoms with Crippen molar-refractivity contribution in [2.45, 2.75) is 0 Å². The zero-order chi connectivity index (χ0) is 13.9. The van der Waals surface area contributed by atoms with E-state index in [0.717, 1.165) is 11.1 Å². The van der Waals surface area contributed by atoms with Gasteiger partial charge in [0.1, 0.15) is 0 Å². The maximum atomic E-state index is 10.2. The molecule has 0 aliphatic heterocycles. The van der Waals surface area contributed by atoms with Crippen molar-refractivity contribution >= 4 is 0 Å². The van der Waals surface area contributed by atoms with E-state index in [1.165, 1.54) is 0 Å². The van der Waals surface area contributed by atoms with Gasteiger partial charge < -0.3 is 10.2 Å². The van der Waals surface area contributed by atoms with Crippen LogP contribution in [0.25, 0.3) is 22.3 Å². The molecular formula is C18H14O2. The second-order valence-electron chi connectivity index (χ2n) is 4.59. The molecule has 0 spiro atoms. The number of hydrogen-bond donors (Lipinski definition) is 2. The second kappa shape index (κ2) is 5.10. The molecule has 3 aromatic carbocycles. The van der Waals surface area contributed by atoms with Gasteiger partial charge in [-0.3, -0.25) is 0 Å². The lowest BCUT2D eigenvalue weighted by atomic mass is 9.98. The summed E-state index contributed by atoms with van der Waals surface area (Å²) in [6, 6.07) is 22.7. The van der Waals surface area contributed by atoms with E-state index in [1.807, 2.05) is 72.8 Å². The fraction of sp³-hybridized carbons (Fsp3) is 0. The Balaban J connectivity index is 2.13. The van der Waals surface area contributed by atoms with Crippen LogP contribution in [0.2, 0.25) is 0 Å². The van der Waals surface area contributed by atoms with Crippen molar-refractivity contribution in [3.63, 3.8) is 0 Å². The third kappa shape index (κ3) is 2.12. The molecule has 0 fully saturated rings. The van der Waals surface area contributed by atoms with Gasteiger partial charge in [-0.15, -0.1) is 0 Å². The van der Waals surface area contributed by atoms with Gasteiger partial charge in [-0.25, -0.2) is 0 Å². The largest absolute Gasteiger partial charge is 0.504 e. The van der Waals surface area contributed by atoms with Gasteiger partial charge in [-0.1, -0.05) is 60.7 Å². The van der Waals surface area contributed by atoms with Crippen LogP contribution >= 0.6 is 0 Å². The lowest BCUT2D eigenvalue weighted by Gasteiger charge is -2.11. The number of rotatable bonds is 2. The van der Waals surface area contributed by atoms with Gasteiger partial charge in [0.05, 0.1) is 0 Å². The van der Waals surface area contributed by atoms with E-state index < -0.39 is 0 Å². The van der Waals surface area contributed by atoms with Crippen molar-refractivity contribution in [1.82, 2.24) is 0 Å². The molecule has 0 amide bonds. The highest BCUT2D eigenvalue weighted by Crippen LogP contribution is 2.42. The van der Waals surface area contributed by atoms with E-state index in [-0.39, 0.29) is 11.5 Å². The van der Waals surface area contributed by atoms with Crippen LogP contribution < -0.4 is 0 Å². The van der Waals surface area contributed by atoms with Crippen LogP contribution in [0.4, 0.5) is 0 Å². The van der Waals surface area contributed by atoms with E-state index in [0.29, 0.717) is 11.1 Å². The summed E-state index contributed by atoms with van der Waals surface area (Å²) in [7, 11) is 0. The molecule has 2 N–H and O–H groups in total. The maximum Gasteiger partial charge on any atom is 0.166 e. The molecule has 0 aliphatic rings. The monoisotopic (exact) mass is 262 g/mol. The van der Waals surface area contributed by atoms with Gasteiger partial charge in [0.15, 0.2) is 11.5 Å². The first-order valence-corrected chi connectivity index (χ1v) is 6.43. The Morgan fingerprint density at radius 2 is 0.800 bits per heavy atom. The molecule has 3 rings (SSSR count). The molecular weight excluding hydrogens is 248 g/mol. The third-order valence-electron chi connectivity index (χ3n) is 3.32. The summed E-state index contributed by atoms with van der Waals surface area (Å²) in [5.41, 5.74) is 3.00. The predicted octanol–water partition coefficient (Wildman–Crippen LogP) is 4.43. The molecule has 2 nitrogen and oxygen atoms in total. The molecule has 98 valence electrons. The first kappa shape index (κ1) is 12.3. The number of phenolic OH excluding ortho intramolecular Hbond substituents is 2. The Bertz CT molecular complexity index is 655. The van der Waals surface area contributed by atoms with E-state index in [9.17, 15) is 10.2 Å². The van der Waals surface area contributed by atoms with E-state index in [4.69, 9.17) is 0 Å². The molecule has 20 heavy (non-hydrogen) atoms. The van der Waals surface area contributed by atoms with Crippen molar-refractivity contribution in [2.75, 3.05) is 0 Å². The van der Waals surface area contributed by atoms with Gasteiger partial charge in [-0.2, -0.15) is 0 Å². The first-order chi connectivity index (χ1) is 9.77. The standard InChI is InChI=1S/C18H14O2/c19-17-15(13-7-3-1-4-8-13)11-12-16(18(17)20)14-9-5-2-6-10-14/h1-12,19-20H. The van der Waals surface area contributed by atoms with Gasteiger partial charge >= 0.3 is 0 Å². The minimum atomic E-state index is -0.0856. The number of hydrogen-bond acceptors (Lipinski definition) is 2. The predicted molar refractivity (Wildman–Crippen MR) is 80.6 cm³/mol. The van der Waals surface area contributed by atoms with Crippen LogP contribution in [-0.4, -0.2) is 10.2 Å². The summed E-state index contributed by atoms with van der Waals surface area (Å²) in [5, 5.41) is 20.5. The molecule has 0 bridgehead atoms. The molecule has 2 heteroatoms. The number of aromatic hydroxyl groups is 2. The maximum absolute atomic E-state index is 10.2. The van der Waals surface area contributed by atoms with E-state index in [2.05, 4.69) is 0 Å². The quantitative estimate of drug-likeness (QED) is 0.671. The van der Waals surface area contributed by atoms with E-state index >= 15 is 0 Å². The summed E-state index contributed by atoms with van der Waals surface area (Å²) >= 11 is 0. The fourth-order valence-electron chi connectivity index (χ4n) is 2.28. The Morgan fingerprint density at radius 3 is 1.15 bits per heavy atom. The molecule has 0 heterocycles. The Labute approximate surface area is 117 Å². The molecule has 0 unspecified atom stereocenters. The minimum absolute atomic E-state index is 0.0856. The zero-order valence-electron chi connectivity index (χ0n) is 10.8. The highest BCUT2D eigenvalue weighted by Gasteiger charge is 2.13. The third-order valence-corrected chi connectivity index (χ3v) is 3.32. The van der Waals surface area contributed by atoms with Crippen LogP contribution in [0.15, 0.2) is 72.8 Å². The molecule has 0 saturated carbocycles. The Kier molecular flexibility index (Phi) is 3.13.